The van der Waals surface area contributed by atoms with Crippen molar-refractivity contribution in [3.63, 3.8) is 0 Å². The Kier molecular flexibility index (Phi) is 2.98. The Bertz CT molecular complexity index is 61.5. The standard InChI is InChI=1S/C6H14FN/c1-4-6(2,3)5-8-7/h8H,4-5H2,1-3H3. The minimum absolute atomic E-state index is 0.106. The van der Waals surface area contributed by atoms with Crippen molar-refractivity contribution in [3.05, 3.63) is 0 Å². The van der Waals surface area contributed by atoms with Gasteiger partial charge in [-0.05, 0) is 11.8 Å². The highest BCUT2D eigenvalue weighted by Crippen LogP contribution is 2.17. The number of halogens is 1. The lowest BCUT2D eigenvalue weighted by atomic mass is 9.91. The highest BCUT2D eigenvalue weighted by atomic mass is 19.2. The Morgan fingerprint density at radius 3 is 2.12 bits per heavy atom. The van der Waals surface area contributed by atoms with Crippen LogP contribution in [0.5, 0.6) is 0 Å². The van der Waals surface area contributed by atoms with E-state index in [1.54, 1.807) is 5.54 Å². The molecule has 0 aliphatic rings. The second-order valence-corrected chi connectivity index (χ2v) is 2.83. The minimum Gasteiger partial charge on any atom is -0.159 e. The molecule has 0 heterocycles. The van der Waals surface area contributed by atoms with Crippen molar-refractivity contribution in [2.45, 2.75) is 27.2 Å². The summed E-state index contributed by atoms with van der Waals surface area (Å²) in [5.74, 6) is 0. The van der Waals surface area contributed by atoms with Crippen LogP contribution in [0.4, 0.5) is 4.48 Å². The number of hydrogen-bond acceptors (Lipinski definition) is 1. The monoisotopic (exact) mass is 119 g/mol. The van der Waals surface area contributed by atoms with Crippen LogP contribution in [-0.4, -0.2) is 6.54 Å². The zero-order valence-corrected chi connectivity index (χ0v) is 5.79. The van der Waals surface area contributed by atoms with E-state index in [4.69, 9.17) is 0 Å². The van der Waals surface area contributed by atoms with Crippen molar-refractivity contribution in [1.29, 1.82) is 0 Å². The molecule has 0 aromatic carbocycles. The van der Waals surface area contributed by atoms with E-state index in [1.807, 2.05) is 13.8 Å². The van der Waals surface area contributed by atoms with Crippen molar-refractivity contribution >= 4 is 0 Å². The van der Waals surface area contributed by atoms with Gasteiger partial charge in [-0.25, -0.2) is 0 Å². The van der Waals surface area contributed by atoms with Crippen LogP contribution in [0.25, 0.3) is 0 Å². The molecule has 0 aromatic rings. The molecule has 0 saturated carbocycles. The SMILES string of the molecule is CCC(C)(C)CNF. The van der Waals surface area contributed by atoms with E-state index in [9.17, 15) is 4.48 Å². The highest BCUT2D eigenvalue weighted by molar-refractivity contribution is 4.65. The first-order valence-corrected chi connectivity index (χ1v) is 2.96. The molecule has 0 atom stereocenters. The van der Waals surface area contributed by atoms with E-state index in [2.05, 4.69) is 6.92 Å². The summed E-state index contributed by atoms with van der Waals surface area (Å²) >= 11 is 0. The molecule has 8 heavy (non-hydrogen) atoms. The van der Waals surface area contributed by atoms with Gasteiger partial charge in [0.05, 0.1) is 0 Å². The summed E-state index contributed by atoms with van der Waals surface area (Å²) in [6.45, 7) is 6.56. The Morgan fingerprint density at radius 2 is 2.00 bits per heavy atom. The van der Waals surface area contributed by atoms with Crippen molar-refractivity contribution in [1.82, 2.24) is 5.54 Å². The second kappa shape index (κ2) is 3.02. The highest BCUT2D eigenvalue weighted by Gasteiger charge is 2.13. The summed E-state index contributed by atoms with van der Waals surface area (Å²) in [5.41, 5.74) is 1.76. The van der Waals surface area contributed by atoms with Gasteiger partial charge in [0.1, 0.15) is 0 Å². The van der Waals surface area contributed by atoms with Crippen LogP contribution in [0.1, 0.15) is 27.2 Å². The molecule has 2 heteroatoms. The van der Waals surface area contributed by atoms with Crippen LogP contribution >= 0.6 is 0 Å². The lowest BCUT2D eigenvalue weighted by molar-refractivity contribution is 0.230. The predicted molar refractivity (Wildman–Crippen MR) is 33.2 cm³/mol. The molecular formula is C6H14FN. The molecule has 0 bridgehead atoms. The average molecular weight is 119 g/mol. The van der Waals surface area contributed by atoms with Crippen LogP contribution in [0, 0.1) is 5.41 Å². The first kappa shape index (κ1) is 7.89. The first-order chi connectivity index (χ1) is 3.62. The summed E-state index contributed by atoms with van der Waals surface area (Å²) in [6, 6.07) is 0. The average Bonchev–Trinajstić information content (AvgIpc) is 1.67. The molecule has 0 spiro atoms. The summed E-state index contributed by atoms with van der Waals surface area (Å²) in [4.78, 5) is 0. The first-order valence-electron chi connectivity index (χ1n) is 2.96. The van der Waals surface area contributed by atoms with Crippen LogP contribution < -0.4 is 5.54 Å². The summed E-state index contributed by atoms with van der Waals surface area (Å²) < 4.78 is 11.4. The maximum absolute atomic E-state index is 11.4. The second-order valence-electron chi connectivity index (χ2n) is 2.83. The zero-order valence-electron chi connectivity index (χ0n) is 5.79. The molecule has 0 aromatic heterocycles. The Morgan fingerprint density at radius 1 is 1.50 bits per heavy atom. The predicted octanol–water partition coefficient (Wildman–Crippen LogP) is 1.90. The molecular weight excluding hydrogens is 105 g/mol. The molecule has 50 valence electrons. The van der Waals surface area contributed by atoms with E-state index in [-0.39, 0.29) is 5.41 Å². The van der Waals surface area contributed by atoms with Gasteiger partial charge >= 0.3 is 0 Å². The molecule has 1 N–H and O–H groups in total. The molecule has 0 fully saturated rings. The largest absolute Gasteiger partial charge is 0.159 e. The molecule has 0 saturated heterocycles. The molecule has 0 amide bonds. The molecule has 0 aliphatic carbocycles. The van der Waals surface area contributed by atoms with Gasteiger partial charge in [-0.2, -0.15) is 5.54 Å². The number of rotatable bonds is 3. The number of hydrogen-bond donors (Lipinski definition) is 1. The van der Waals surface area contributed by atoms with Gasteiger partial charge in [0.25, 0.3) is 0 Å². The van der Waals surface area contributed by atoms with Gasteiger partial charge in [-0.3, -0.25) is 0 Å². The Hall–Kier alpha value is -0.110. The maximum atomic E-state index is 11.4. The van der Waals surface area contributed by atoms with E-state index < -0.39 is 0 Å². The third-order valence-electron chi connectivity index (χ3n) is 1.50. The number of nitrogens with one attached hydrogen (secondary N) is 1. The van der Waals surface area contributed by atoms with Crippen molar-refractivity contribution in [2.24, 2.45) is 5.41 Å². The minimum atomic E-state index is 0.106. The Labute approximate surface area is 50.2 Å². The summed E-state index contributed by atoms with van der Waals surface area (Å²) in [6.07, 6.45) is 1.00. The van der Waals surface area contributed by atoms with Crippen molar-refractivity contribution in [2.75, 3.05) is 6.54 Å². The smallest absolute Gasteiger partial charge is 0.0310 e. The van der Waals surface area contributed by atoms with E-state index in [0.29, 0.717) is 6.54 Å². The van der Waals surface area contributed by atoms with E-state index in [1.165, 1.54) is 0 Å². The molecule has 0 radical (unpaired) electrons. The van der Waals surface area contributed by atoms with Crippen LogP contribution in [0.2, 0.25) is 0 Å². The van der Waals surface area contributed by atoms with Crippen molar-refractivity contribution in [3.8, 4) is 0 Å². The van der Waals surface area contributed by atoms with E-state index >= 15 is 0 Å². The van der Waals surface area contributed by atoms with Gasteiger partial charge < -0.3 is 0 Å². The van der Waals surface area contributed by atoms with Crippen LogP contribution in [-0.2, 0) is 0 Å². The van der Waals surface area contributed by atoms with E-state index in [0.717, 1.165) is 6.42 Å². The fourth-order valence-corrected chi connectivity index (χ4v) is 0.306. The normalized spacial score (nSPS) is 12.0. The lowest BCUT2D eigenvalue weighted by Gasteiger charge is -2.19. The lowest BCUT2D eigenvalue weighted by Crippen LogP contribution is -2.23. The van der Waals surface area contributed by atoms with Gasteiger partial charge in [0, 0.05) is 6.54 Å². The Balaban J connectivity index is 3.37. The fraction of sp³-hybridized carbons (Fsp3) is 1.00. The maximum Gasteiger partial charge on any atom is 0.0310 e. The molecule has 0 rings (SSSR count). The van der Waals surface area contributed by atoms with Gasteiger partial charge in [-0.15, -0.1) is 4.48 Å². The molecule has 0 aliphatic heterocycles. The summed E-state index contributed by atoms with van der Waals surface area (Å²) in [7, 11) is 0. The van der Waals surface area contributed by atoms with Gasteiger partial charge in [-0.1, -0.05) is 20.8 Å². The van der Waals surface area contributed by atoms with Gasteiger partial charge in [0.15, 0.2) is 0 Å². The molecule has 0 unspecified atom stereocenters. The third-order valence-corrected chi connectivity index (χ3v) is 1.50. The fourth-order valence-electron chi connectivity index (χ4n) is 0.306. The van der Waals surface area contributed by atoms with Crippen LogP contribution in [0.15, 0.2) is 0 Å². The van der Waals surface area contributed by atoms with Crippen LogP contribution in [0.3, 0.4) is 0 Å². The van der Waals surface area contributed by atoms with Crippen molar-refractivity contribution < 1.29 is 4.48 Å². The van der Waals surface area contributed by atoms with Gasteiger partial charge in [0.2, 0.25) is 0 Å². The third kappa shape index (κ3) is 2.97. The summed E-state index contributed by atoms with van der Waals surface area (Å²) in [5, 5.41) is 0. The topological polar surface area (TPSA) is 12.0 Å². The quantitative estimate of drug-likeness (QED) is 0.559. The molecule has 1 nitrogen and oxygen atoms in total. The zero-order chi connectivity index (χ0) is 6.62.